The van der Waals surface area contributed by atoms with Crippen molar-refractivity contribution < 1.29 is 8.42 Å². The molecule has 0 aliphatic rings. The number of hydrogen-bond acceptors (Lipinski definition) is 5. The number of aromatic nitrogens is 2. The van der Waals surface area contributed by atoms with E-state index in [4.69, 9.17) is 11.6 Å². The lowest BCUT2D eigenvalue weighted by Gasteiger charge is -2.16. The first-order valence-corrected chi connectivity index (χ1v) is 7.32. The van der Waals surface area contributed by atoms with Crippen LogP contribution in [0.5, 0.6) is 0 Å². The first kappa shape index (κ1) is 15.3. The smallest absolute Gasteiger partial charge is 0.243 e. The van der Waals surface area contributed by atoms with E-state index in [0.29, 0.717) is 0 Å². The van der Waals surface area contributed by atoms with Gasteiger partial charge in [0.2, 0.25) is 15.3 Å². The van der Waals surface area contributed by atoms with Crippen LogP contribution in [0, 0.1) is 0 Å². The van der Waals surface area contributed by atoms with E-state index in [1.165, 1.54) is 12.4 Å². The van der Waals surface area contributed by atoms with E-state index < -0.39 is 10.0 Å². The van der Waals surface area contributed by atoms with Crippen molar-refractivity contribution in [3.05, 3.63) is 17.7 Å². The van der Waals surface area contributed by atoms with Crippen LogP contribution >= 0.6 is 11.6 Å². The molecular weight excluding hydrogens is 276 g/mol. The first-order valence-electron chi connectivity index (χ1n) is 5.46. The van der Waals surface area contributed by atoms with Crippen molar-refractivity contribution in [2.75, 3.05) is 20.6 Å². The van der Waals surface area contributed by atoms with Crippen LogP contribution in [0.15, 0.2) is 17.3 Å². The molecule has 0 bridgehead atoms. The van der Waals surface area contributed by atoms with Crippen molar-refractivity contribution in [3.63, 3.8) is 0 Å². The molecule has 6 nitrogen and oxygen atoms in total. The van der Waals surface area contributed by atoms with E-state index >= 15 is 0 Å². The molecule has 1 aromatic rings. The molecule has 1 N–H and O–H groups in total. The van der Waals surface area contributed by atoms with Gasteiger partial charge in [0.15, 0.2) is 0 Å². The number of sulfonamides is 1. The molecule has 1 aromatic heterocycles. The molecule has 102 valence electrons. The molecule has 0 saturated carbocycles. The maximum atomic E-state index is 12.0. The van der Waals surface area contributed by atoms with Gasteiger partial charge in [-0.15, -0.1) is 0 Å². The lowest BCUT2D eigenvalue weighted by molar-refractivity contribution is 0.379. The van der Waals surface area contributed by atoms with Crippen molar-refractivity contribution >= 4 is 21.6 Å². The third-order valence-electron chi connectivity index (χ3n) is 2.27. The van der Waals surface area contributed by atoms with Crippen molar-refractivity contribution in [2.45, 2.75) is 24.3 Å². The Balaban J connectivity index is 2.67. The van der Waals surface area contributed by atoms with Crippen LogP contribution < -0.4 is 4.72 Å². The molecule has 8 heteroatoms. The van der Waals surface area contributed by atoms with Crippen molar-refractivity contribution in [3.8, 4) is 0 Å². The number of nitrogens with one attached hydrogen (secondary N) is 1. The van der Waals surface area contributed by atoms with Crippen LogP contribution in [0.4, 0.5) is 0 Å². The summed E-state index contributed by atoms with van der Waals surface area (Å²) in [5.41, 5.74) is 0. The average Bonchev–Trinajstić information content (AvgIpc) is 2.26. The van der Waals surface area contributed by atoms with Gasteiger partial charge in [-0.2, -0.15) is 0 Å². The van der Waals surface area contributed by atoms with Crippen LogP contribution in [0.25, 0.3) is 0 Å². The number of halogens is 1. The van der Waals surface area contributed by atoms with Gasteiger partial charge in [-0.3, -0.25) is 0 Å². The Labute approximate surface area is 112 Å². The molecule has 0 fully saturated rings. The highest BCUT2D eigenvalue weighted by Gasteiger charge is 2.18. The minimum atomic E-state index is -3.58. The molecule has 0 aliphatic heterocycles. The number of nitrogens with zero attached hydrogens (tertiary/aromatic N) is 3. The molecule has 0 amide bonds. The lowest BCUT2D eigenvalue weighted by atomic mass is 10.2. The topological polar surface area (TPSA) is 75.2 Å². The van der Waals surface area contributed by atoms with E-state index in [9.17, 15) is 8.42 Å². The average molecular weight is 293 g/mol. The molecule has 1 atom stereocenters. The molecular formula is C10H17ClN4O2S. The summed E-state index contributed by atoms with van der Waals surface area (Å²) >= 11 is 5.51. The van der Waals surface area contributed by atoms with Crippen LogP contribution in [-0.2, 0) is 10.0 Å². The summed E-state index contributed by atoms with van der Waals surface area (Å²) < 4.78 is 26.5. The normalized spacial score (nSPS) is 13.8. The molecule has 0 aliphatic carbocycles. The number of hydrogen-bond donors (Lipinski definition) is 1. The highest BCUT2D eigenvalue weighted by Crippen LogP contribution is 2.09. The largest absolute Gasteiger partial charge is 0.309 e. The predicted molar refractivity (Wildman–Crippen MR) is 70.0 cm³/mol. The van der Waals surface area contributed by atoms with Gasteiger partial charge in [-0.05, 0) is 45.6 Å². The van der Waals surface area contributed by atoms with Gasteiger partial charge in [0.1, 0.15) is 4.90 Å². The highest BCUT2D eigenvalue weighted by atomic mass is 35.5. The third-order valence-corrected chi connectivity index (χ3v) is 4.01. The summed E-state index contributed by atoms with van der Waals surface area (Å²) in [5.74, 6) is 0. The fourth-order valence-electron chi connectivity index (χ4n) is 1.28. The summed E-state index contributed by atoms with van der Waals surface area (Å²) in [6.07, 6.45) is 3.10. The Morgan fingerprint density at radius 1 is 1.39 bits per heavy atom. The van der Waals surface area contributed by atoms with E-state index in [0.717, 1.165) is 13.0 Å². The second kappa shape index (κ2) is 6.42. The van der Waals surface area contributed by atoms with Crippen LogP contribution in [0.1, 0.15) is 13.3 Å². The van der Waals surface area contributed by atoms with Crippen molar-refractivity contribution in [2.24, 2.45) is 0 Å². The second-order valence-corrected chi connectivity index (χ2v) is 6.35. The maximum Gasteiger partial charge on any atom is 0.243 e. The molecule has 0 spiro atoms. The fraction of sp³-hybridized carbons (Fsp3) is 0.600. The molecule has 1 rings (SSSR count). The van der Waals surface area contributed by atoms with E-state index in [-0.39, 0.29) is 16.2 Å². The van der Waals surface area contributed by atoms with Gasteiger partial charge in [0, 0.05) is 6.04 Å². The summed E-state index contributed by atoms with van der Waals surface area (Å²) in [5, 5.41) is 0.0228. The van der Waals surface area contributed by atoms with Crippen LogP contribution in [0.3, 0.4) is 0 Å². The highest BCUT2D eigenvalue weighted by molar-refractivity contribution is 7.89. The second-order valence-electron chi connectivity index (χ2n) is 4.30. The SMILES string of the molecule is CC(CCN(C)C)NS(=O)(=O)c1cnc(Cl)nc1. The summed E-state index contributed by atoms with van der Waals surface area (Å²) in [4.78, 5) is 9.32. The monoisotopic (exact) mass is 292 g/mol. The summed E-state index contributed by atoms with van der Waals surface area (Å²) in [6, 6.07) is -0.159. The quantitative estimate of drug-likeness (QED) is 0.783. The predicted octanol–water partition coefficient (Wildman–Crippen LogP) is 0.748. The standard InChI is InChI=1S/C10H17ClN4O2S/c1-8(4-5-15(2)3)14-18(16,17)9-6-12-10(11)13-7-9/h6-8,14H,4-5H2,1-3H3. The van der Waals surface area contributed by atoms with Gasteiger partial charge in [0.25, 0.3) is 0 Å². The molecule has 0 saturated heterocycles. The first-order chi connectivity index (χ1) is 8.31. The van der Waals surface area contributed by atoms with Gasteiger partial charge in [-0.25, -0.2) is 23.1 Å². The Hall–Kier alpha value is -0.760. The van der Waals surface area contributed by atoms with Gasteiger partial charge < -0.3 is 4.90 Å². The Bertz CT molecular complexity index is 475. The zero-order chi connectivity index (χ0) is 13.8. The minimum Gasteiger partial charge on any atom is -0.309 e. The molecule has 1 heterocycles. The summed E-state index contributed by atoms with van der Waals surface area (Å²) in [6.45, 7) is 2.62. The molecule has 0 radical (unpaired) electrons. The zero-order valence-corrected chi connectivity index (χ0v) is 12.2. The summed E-state index contributed by atoms with van der Waals surface area (Å²) in [7, 11) is 0.301. The Kier molecular flexibility index (Phi) is 5.46. The molecule has 0 aromatic carbocycles. The van der Waals surface area contributed by atoms with Crippen molar-refractivity contribution in [1.29, 1.82) is 0 Å². The molecule has 18 heavy (non-hydrogen) atoms. The van der Waals surface area contributed by atoms with Crippen LogP contribution in [0.2, 0.25) is 5.28 Å². The van der Waals surface area contributed by atoms with E-state index in [1.807, 2.05) is 25.9 Å². The van der Waals surface area contributed by atoms with Gasteiger partial charge in [-0.1, -0.05) is 0 Å². The van der Waals surface area contributed by atoms with Crippen molar-refractivity contribution in [1.82, 2.24) is 19.6 Å². The third kappa shape index (κ3) is 4.85. The maximum absolute atomic E-state index is 12.0. The fourth-order valence-corrected chi connectivity index (χ4v) is 2.55. The van der Waals surface area contributed by atoms with Crippen LogP contribution in [-0.4, -0.2) is 50.0 Å². The lowest BCUT2D eigenvalue weighted by Crippen LogP contribution is -2.34. The zero-order valence-electron chi connectivity index (χ0n) is 10.6. The Morgan fingerprint density at radius 3 is 2.44 bits per heavy atom. The van der Waals surface area contributed by atoms with Gasteiger partial charge in [0.05, 0.1) is 12.4 Å². The van der Waals surface area contributed by atoms with E-state index in [1.54, 1.807) is 0 Å². The molecule has 1 unspecified atom stereocenters. The number of rotatable bonds is 6. The minimum absolute atomic E-state index is 0.0172. The van der Waals surface area contributed by atoms with Gasteiger partial charge >= 0.3 is 0 Å². The van der Waals surface area contributed by atoms with E-state index in [2.05, 4.69) is 14.7 Å². The Morgan fingerprint density at radius 2 is 1.94 bits per heavy atom.